The van der Waals surface area contributed by atoms with Gasteiger partial charge in [-0.1, -0.05) is 0 Å². The average molecular weight is 264 g/mol. The Labute approximate surface area is 113 Å². The first-order chi connectivity index (χ1) is 9.31. The summed E-state index contributed by atoms with van der Waals surface area (Å²) in [4.78, 5) is 22.4. The maximum Gasteiger partial charge on any atom is 0.270 e. The van der Waals surface area contributed by atoms with Crippen LogP contribution in [0.4, 0.5) is 5.82 Å². The van der Waals surface area contributed by atoms with Gasteiger partial charge in [-0.15, -0.1) is 0 Å². The molecular weight excluding hydrogens is 244 g/mol. The lowest BCUT2D eigenvalue weighted by Crippen LogP contribution is -2.27. The number of carbonyl (C=O) groups is 1. The average Bonchev–Trinajstić information content (AvgIpc) is 2.98. The van der Waals surface area contributed by atoms with E-state index in [0.29, 0.717) is 18.8 Å². The molecule has 0 bridgehead atoms. The molecule has 0 aromatic carbocycles. The van der Waals surface area contributed by atoms with E-state index in [1.165, 1.54) is 19.2 Å². The summed E-state index contributed by atoms with van der Waals surface area (Å²) < 4.78 is 4.93. The van der Waals surface area contributed by atoms with Crippen LogP contribution in [0.1, 0.15) is 29.8 Å². The van der Waals surface area contributed by atoms with E-state index < -0.39 is 0 Å². The van der Waals surface area contributed by atoms with Crippen molar-refractivity contribution in [3.05, 3.63) is 18.1 Å². The lowest BCUT2D eigenvalue weighted by atomic mass is 10.3. The lowest BCUT2D eigenvalue weighted by Gasteiger charge is -2.16. The number of methoxy groups -OCH3 is 1. The molecule has 2 rings (SSSR count). The Kier molecular flexibility index (Phi) is 5.09. The van der Waals surface area contributed by atoms with Crippen LogP contribution in [-0.2, 0) is 4.74 Å². The van der Waals surface area contributed by atoms with E-state index >= 15 is 0 Å². The van der Waals surface area contributed by atoms with Crippen LogP contribution in [0.3, 0.4) is 0 Å². The molecule has 0 unspecified atom stereocenters. The van der Waals surface area contributed by atoms with Gasteiger partial charge >= 0.3 is 0 Å². The van der Waals surface area contributed by atoms with Crippen LogP contribution in [0.5, 0.6) is 0 Å². The highest BCUT2D eigenvalue weighted by molar-refractivity contribution is 5.92. The molecule has 0 spiro atoms. The smallest absolute Gasteiger partial charge is 0.270 e. The van der Waals surface area contributed by atoms with E-state index in [-0.39, 0.29) is 5.91 Å². The number of ether oxygens (including phenoxy) is 1. The molecule has 0 saturated carbocycles. The summed E-state index contributed by atoms with van der Waals surface area (Å²) in [7, 11) is 1.65. The van der Waals surface area contributed by atoms with Crippen molar-refractivity contribution < 1.29 is 9.53 Å². The van der Waals surface area contributed by atoms with Gasteiger partial charge in [0.15, 0.2) is 0 Å². The lowest BCUT2D eigenvalue weighted by molar-refractivity contribution is 0.0943. The molecule has 1 aliphatic rings. The number of hydrogen-bond donors (Lipinski definition) is 1. The van der Waals surface area contributed by atoms with Crippen LogP contribution in [0.15, 0.2) is 12.4 Å². The standard InChI is InChI=1S/C13H20N4O2/c1-19-8-4-5-14-13(18)11-9-12(16-10-15-11)17-6-2-3-7-17/h9-10H,2-8H2,1H3,(H,14,18). The first-order valence-electron chi connectivity index (χ1n) is 6.65. The zero-order valence-electron chi connectivity index (χ0n) is 11.3. The number of rotatable bonds is 6. The summed E-state index contributed by atoms with van der Waals surface area (Å²) in [6.45, 7) is 3.25. The molecule has 1 N–H and O–H groups in total. The second-order valence-electron chi connectivity index (χ2n) is 4.56. The van der Waals surface area contributed by atoms with E-state index in [9.17, 15) is 4.79 Å². The van der Waals surface area contributed by atoms with Crippen LogP contribution in [0.25, 0.3) is 0 Å². The highest BCUT2D eigenvalue weighted by Gasteiger charge is 2.15. The topological polar surface area (TPSA) is 67.3 Å². The van der Waals surface area contributed by atoms with Gasteiger partial charge in [-0.05, 0) is 19.3 Å². The Morgan fingerprint density at radius 1 is 1.42 bits per heavy atom. The molecule has 6 heteroatoms. The monoisotopic (exact) mass is 264 g/mol. The molecule has 104 valence electrons. The third kappa shape index (κ3) is 3.89. The summed E-state index contributed by atoms with van der Waals surface area (Å²) in [5.41, 5.74) is 0.425. The van der Waals surface area contributed by atoms with Crippen LogP contribution in [0, 0.1) is 0 Å². The number of nitrogens with one attached hydrogen (secondary N) is 1. The minimum absolute atomic E-state index is 0.154. The third-order valence-electron chi connectivity index (χ3n) is 3.13. The van der Waals surface area contributed by atoms with Crippen molar-refractivity contribution in [2.75, 3.05) is 38.3 Å². The number of hydrogen-bond acceptors (Lipinski definition) is 5. The van der Waals surface area contributed by atoms with Crippen molar-refractivity contribution >= 4 is 11.7 Å². The van der Waals surface area contributed by atoms with Crippen molar-refractivity contribution in [1.82, 2.24) is 15.3 Å². The predicted octanol–water partition coefficient (Wildman–Crippen LogP) is 0.843. The number of nitrogens with zero attached hydrogens (tertiary/aromatic N) is 3. The van der Waals surface area contributed by atoms with Crippen molar-refractivity contribution in [2.24, 2.45) is 0 Å². The van der Waals surface area contributed by atoms with Crippen molar-refractivity contribution in [3.63, 3.8) is 0 Å². The second kappa shape index (κ2) is 7.04. The number of carbonyl (C=O) groups excluding carboxylic acids is 1. The largest absolute Gasteiger partial charge is 0.385 e. The SMILES string of the molecule is COCCCNC(=O)c1cc(N2CCCC2)ncn1. The van der Waals surface area contributed by atoms with E-state index in [2.05, 4.69) is 20.2 Å². The van der Waals surface area contributed by atoms with Gasteiger partial charge in [-0.2, -0.15) is 0 Å². The van der Waals surface area contributed by atoms with Gasteiger partial charge in [0.1, 0.15) is 17.8 Å². The Balaban J connectivity index is 1.92. The van der Waals surface area contributed by atoms with Crippen molar-refractivity contribution in [3.8, 4) is 0 Å². The normalized spacial score (nSPS) is 14.7. The summed E-state index contributed by atoms with van der Waals surface area (Å²) in [6, 6.07) is 1.76. The Bertz CT molecular complexity index is 419. The molecule has 2 heterocycles. The van der Waals surface area contributed by atoms with Gasteiger partial charge in [0.25, 0.3) is 5.91 Å². The number of amides is 1. The summed E-state index contributed by atoms with van der Waals surface area (Å²) in [5, 5.41) is 2.82. The fraction of sp³-hybridized carbons (Fsp3) is 0.615. The van der Waals surface area contributed by atoms with E-state index in [4.69, 9.17) is 4.74 Å². The van der Waals surface area contributed by atoms with E-state index in [1.54, 1.807) is 13.2 Å². The number of anilines is 1. The Morgan fingerprint density at radius 2 is 2.21 bits per heavy atom. The highest BCUT2D eigenvalue weighted by Crippen LogP contribution is 2.17. The van der Waals surface area contributed by atoms with Gasteiger partial charge in [0.05, 0.1) is 0 Å². The fourth-order valence-electron chi connectivity index (χ4n) is 2.10. The minimum Gasteiger partial charge on any atom is -0.385 e. The van der Waals surface area contributed by atoms with Gasteiger partial charge in [-0.25, -0.2) is 9.97 Å². The fourth-order valence-corrected chi connectivity index (χ4v) is 2.10. The molecule has 1 saturated heterocycles. The maximum absolute atomic E-state index is 11.9. The zero-order valence-corrected chi connectivity index (χ0v) is 11.3. The van der Waals surface area contributed by atoms with Crippen LogP contribution in [-0.4, -0.2) is 49.2 Å². The minimum atomic E-state index is -0.154. The number of aromatic nitrogens is 2. The molecule has 0 atom stereocenters. The molecule has 1 aliphatic heterocycles. The molecule has 0 aliphatic carbocycles. The maximum atomic E-state index is 11.9. The summed E-state index contributed by atoms with van der Waals surface area (Å²) in [5.74, 6) is 0.688. The van der Waals surface area contributed by atoms with Gasteiger partial charge in [0.2, 0.25) is 0 Å². The van der Waals surface area contributed by atoms with Crippen LogP contribution < -0.4 is 10.2 Å². The second-order valence-corrected chi connectivity index (χ2v) is 4.56. The van der Waals surface area contributed by atoms with Gasteiger partial charge in [0, 0.05) is 39.4 Å². The van der Waals surface area contributed by atoms with Gasteiger partial charge < -0.3 is 15.0 Å². The Morgan fingerprint density at radius 3 is 2.95 bits per heavy atom. The van der Waals surface area contributed by atoms with Crippen LogP contribution >= 0.6 is 0 Å². The molecule has 19 heavy (non-hydrogen) atoms. The quantitative estimate of drug-likeness (QED) is 0.771. The summed E-state index contributed by atoms with van der Waals surface area (Å²) in [6.07, 6.45) is 4.62. The Hall–Kier alpha value is -1.69. The van der Waals surface area contributed by atoms with Crippen molar-refractivity contribution in [1.29, 1.82) is 0 Å². The molecule has 0 radical (unpaired) electrons. The van der Waals surface area contributed by atoms with Crippen molar-refractivity contribution in [2.45, 2.75) is 19.3 Å². The zero-order chi connectivity index (χ0) is 13.5. The molecule has 6 nitrogen and oxygen atoms in total. The first-order valence-corrected chi connectivity index (χ1v) is 6.65. The first kappa shape index (κ1) is 13.7. The van der Waals surface area contributed by atoms with Gasteiger partial charge in [-0.3, -0.25) is 4.79 Å². The highest BCUT2D eigenvalue weighted by atomic mass is 16.5. The molecule has 1 fully saturated rings. The molecule has 1 aromatic rings. The van der Waals surface area contributed by atoms with E-state index in [0.717, 1.165) is 25.3 Å². The predicted molar refractivity (Wildman–Crippen MR) is 72.3 cm³/mol. The molecular formula is C13H20N4O2. The van der Waals surface area contributed by atoms with E-state index in [1.807, 2.05) is 0 Å². The summed E-state index contributed by atoms with van der Waals surface area (Å²) >= 11 is 0. The molecule has 1 amide bonds. The van der Waals surface area contributed by atoms with Crippen LogP contribution in [0.2, 0.25) is 0 Å². The molecule has 1 aromatic heterocycles. The third-order valence-corrected chi connectivity index (χ3v) is 3.13.